The molecule has 1 rings (SSSR count). The SMILES string of the molecule is O=Cc1ccc([B-](F)(F)F)cc1C(F)(F)F. The van der Waals surface area contributed by atoms with Crippen molar-refractivity contribution in [3.05, 3.63) is 29.3 Å². The topological polar surface area (TPSA) is 17.1 Å². The molecule has 0 aliphatic rings. The number of carbonyl (C=O) groups excluding carboxylic acids is 1. The molecular weight excluding hydrogens is 237 g/mol. The van der Waals surface area contributed by atoms with Gasteiger partial charge in [-0.3, -0.25) is 4.79 Å². The predicted octanol–water partition coefficient (Wildman–Crippen LogP) is 2.57. The summed E-state index contributed by atoms with van der Waals surface area (Å²) in [6, 6.07) is 0.920. The summed E-state index contributed by atoms with van der Waals surface area (Å²) in [7, 11) is 0. The van der Waals surface area contributed by atoms with E-state index in [2.05, 4.69) is 0 Å². The third kappa shape index (κ3) is 2.56. The first-order valence-corrected chi connectivity index (χ1v) is 4.02. The highest BCUT2D eigenvalue weighted by molar-refractivity contribution is 6.73. The van der Waals surface area contributed by atoms with Crippen molar-refractivity contribution in [1.82, 2.24) is 0 Å². The number of hydrogen-bond acceptors (Lipinski definition) is 1. The van der Waals surface area contributed by atoms with Crippen molar-refractivity contribution in [2.75, 3.05) is 0 Å². The van der Waals surface area contributed by atoms with Crippen molar-refractivity contribution in [3.8, 4) is 0 Å². The summed E-state index contributed by atoms with van der Waals surface area (Å²) in [5.41, 5.74) is -3.76. The Balaban J connectivity index is 3.39. The van der Waals surface area contributed by atoms with Gasteiger partial charge in [0, 0.05) is 5.56 Å². The van der Waals surface area contributed by atoms with Gasteiger partial charge in [0.05, 0.1) is 5.56 Å². The van der Waals surface area contributed by atoms with Gasteiger partial charge in [-0.2, -0.15) is 13.2 Å². The van der Waals surface area contributed by atoms with Crippen molar-refractivity contribution in [2.24, 2.45) is 0 Å². The van der Waals surface area contributed by atoms with Crippen LogP contribution in [0.3, 0.4) is 0 Å². The van der Waals surface area contributed by atoms with Gasteiger partial charge in [-0.1, -0.05) is 18.2 Å². The van der Waals surface area contributed by atoms with Gasteiger partial charge in [-0.25, -0.2) is 0 Å². The quantitative estimate of drug-likeness (QED) is 0.441. The largest absolute Gasteiger partial charge is 0.509 e. The van der Waals surface area contributed by atoms with Crippen LogP contribution in [0.15, 0.2) is 18.2 Å². The van der Waals surface area contributed by atoms with Crippen LogP contribution in [0, 0.1) is 0 Å². The molecule has 0 radical (unpaired) electrons. The Hall–Kier alpha value is -1.47. The monoisotopic (exact) mass is 241 g/mol. The van der Waals surface area contributed by atoms with Crippen LogP contribution in [0.4, 0.5) is 26.1 Å². The summed E-state index contributed by atoms with van der Waals surface area (Å²) in [4.78, 5) is 10.3. The number of alkyl halides is 3. The Labute approximate surface area is 86.1 Å². The smallest absolute Gasteiger partial charge is 0.445 e. The van der Waals surface area contributed by atoms with Crippen LogP contribution < -0.4 is 5.46 Å². The molecule has 0 spiro atoms. The molecule has 0 atom stereocenters. The first-order chi connectivity index (χ1) is 7.16. The lowest BCUT2D eigenvalue weighted by atomic mass is 9.78. The molecule has 0 aromatic heterocycles. The van der Waals surface area contributed by atoms with Gasteiger partial charge >= 0.3 is 13.2 Å². The highest BCUT2D eigenvalue weighted by atomic mass is 19.4. The van der Waals surface area contributed by atoms with E-state index in [1.807, 2.05) is 0 Å². The Kier molecular flexibility index (Phi) is 3.02. The molecule has 0 amide bonds. The van der Waals surface area contributed by atoms with Gasteiger partial charge < -0.3 is 12.9 Å². The van der Waals surface area contributed by atoms with Crippen LogP contribution >= 0.6 is 0 Å². The zero-order valence-corrected chi connectivity index (χ0v) is 7.56. The fourth-order valence-electron chi connectivity index (χ4n) is 1.13. The average Bonchev–Trinajstić information content (AvgIpc) is 2.14. The van der Waals surface area contributed by atoms with Crippen molar-refractivity contribution < 1.29 is 30.9 Å². The second kappa shape index (κ2) is 3.84. The molecule has 1 aromatic carbocycles. The van der Waals surface area contributed by atoms with Crippen molar-refractivity contribution in [3.63, 3.8) is 0 Å². The third-order valence-electron chi connectivity index (χ3n) is 1.89. The fraction of sp³-hybridized carbons (Fsp3) is 0.125. The van der Waals surface area contributed by atoms with Crippen LogP contribution in [-0.4, -0.2) is 13.3 Å². The van der Waals surface area contributed by atoms with E-state index >= 15 is 0 Å². The third-order valence-corrected chi connectivity index (χ3v) is 1.89. The molecule has 0 aliphatic heterocycles. The molecule has 0 fully saturated rings. The van der Waals surface area contributed by atoms with E-state index in [-0.39, 0.29) is 12.4 Å². The molecule has 0 saturated heterocycles. The first kappa shape index (κ1) is 12.6. The molecule has 1 aromatic rings. The van der Waals surface area contributed by atoms with E-state index in [1.54, 1.807) is 0 Å². The molecule has 8 heteroatoms. The molecule has 16 heavy (non-hydrogen) atoms. The summed E-state index contributed by atoms with van der Waals surface area (Å²) in [5.74, 6) is 0. The van der Waals surface area contributed by atoms with Crippen LogP contribution in [0.5, 0.6) is 0 Å². The lowest BCUT2D eigenvalue weighted by Gasteiger charge is -2.18. The Morgan fingerprint density at radius 3 is 2.06 bits per heavy atom. The first-order valence-electron chi connectivity index (χ1n) is 4.02. The minimum absolute atomic E-state index is 0.0519. The van der Waals surface area contributed by atoms with Crippen molar-refractivity contribution in [1.29, 1.82) is 0 Å². The molecule has 88 valence electrons. The molecule has 0 heterocycles. The van der Waals surface area contributed by atoms with Crippen LogP contribution in [0.25, 0.3) is 0 Å². The fourth-order valence-corrected chi connectivity index (χ4v) is 1.13. The maximum absolute atomic E-state index is 12.3. The molecule has 1 nitrogen and oxygen atoms in total. The number of rotatable bonds is 2. The number of benzene rings is 1. The van der Waals surface area contributed by atoms with Gasteiger partial charge in [0.1, 0.15) is 0 Å². The zero-order chi connectivity index (χ0) is 12.6. The van der Waals surface area contributed by atoms with Crippen LogP contribution in [-0.2, 0) is 6.18 Å². The van der Waals surface area contributed by atoms with Gasteiger partial charge in [0.15, 0.2) is 6.29 Å². The van der Waals surface area contributed by atoms with E-state index in [4.69, 9.17) is 0 Å². The van der Waals surface area contributed by atoms with Crippen LogP contribution in [0.2, 0.25) is 0 Å². The maximum atomic E-state index is 12.3. The minimum Gasteiger partial charge on any atom is -0.445 e. The van der Waals surface area contributed by atoms with E-state index in [9.17, 15) is 30.9 Å². The zero-order valence-electron chi connectivity index (χ0n) is 7.56. The molecule has 0 unspecified atom stereocenters. The van der Waals surface area contributed by atoms with Gasteiger partial charge in [0.25, 0.3) is 0 Å². The Morgan fingerprint density at radius 1 is 1.12 bits per heavy atom. The number of hydrogen-bond donors (Lipinski definition) is 0. The normalized spacial score (nSPS) is 12.6. The lowest BCUT2D eigenvalue weighted by molar-refractivity contribution is -0.137. The van der Waals surface area contributed by atoms with Gasteiger partial charge in [0.2, 0.25) is 0 Å². The maximum Gasteiger partial charge on any atom is 0.509 e. The second-order valence-corrected chi connectivity index (χ2v) is 3.04. The Morgan fingerprint density at radius 2 is 1.69 bits per heavy atom. The van der Waals surface area contributed by atoms with Crippen LogP contribution in [0.1, 0.15) is 15.9 Å². The summed E-state index contributed by atoms with van der Waals surface area (Å²) >= 11 is 0. The summed E-state index contributed by atoms with van der Waals surface area (Å²) in [5, 5.41) is 0. The predicted molar refractivity (Wildman–Crippen MR) is 45.5 cm³/mol. The van der Waals surface area contributed by atoms with E-state index in [0.717, 1.165) is 0 Å². The summed E-state index contributed by atoms with van der Waals surface area (Å²) < 4.78 is 73.4. The highest BCUT2D eigenvalue weighted by Gasteiger charge is 2.35. The van der Waals surface area contributed by atoms with Crippen molar-refractivity contribution in [2.45, 2.75) is 6.18 Å². The summed E-state index contributed by atoms with van der Waals surface area (Å²) in [6.07, 6.45) is -5.11. The minimum atomic E-state index is -5.51. The number of carbonyl (C=O) groups is 1. The van der Waals surface area contributed by atoms with Crippen molar-refractivity contribution >= 4 is 18.7 Å². The molecule has 0 N–H and O–H groups in total. The molecule has 0 bridgehead atoms. The summed E-state index contributed by atoms with van der Waals surface area (Å²) in [6.45, 7) is -5.51. The second-order valence-electron chi connectivity index (χ2n) is 3.04. The van der Waals surface area contributed by atoms with Gasteiger partial charge in [-0.15, -0.1) is 5.46 Å². The number of aldehydes is 1. The average molecular weight is 241 g/mol. The van der Waals surface area contributed by atoms with E-state index in [1.165, 1.54) is 0 Å². The standard InChI is InChI=1S/C8H4BF6O/c10-8(11,12)7-3-6(9(13,14)15)2-1-5(7)4-16/h1-4H/q-1. The molecule has 0 saturated carbocycles. The molecule has 0 aliphatic carbocycles. The van der Waals surface area contributed by atoms with Gasteiger partial charge in [-0.05, 0) is 0 Å². The number of halogens is 6. The Bertz CT molecular complexity index is 408. The lowest BCUT2D eigenvalue weighted by Crippen LogP contribution is -2.35. The molecular formula is C8H4BF6O-. The van der Waals surface area contributed by atoms with E-state index < -0.39 is 29.7 Å². The van der Waals surface area contributed by atoms with E-state index in [0.29, 0.717) is 12.1 Å². The highest BCUT2D eigenvalue weighted by Crippen LogP contribution is 2.31.